The van der Waals surface area contributed by atoms with Crippen LogP contribution in [0.1, 0.15) is 32.6 Å². The average molecular weight is 168 g/mol. The molecule has 1 rings (SSSR count). The van der Waals surface area contributed by atoms with E-state index in [9.17, 15) is 5.11 Å². The van der Waals surface area contributed by atoms with Crippen LogP contribution < -0.4 is 0 Å². The molecule has 1 heterocycles. The van der Waals surface area contributed by atoms with E-state index in [0.29, 0.717) is 6.61 Å². The van der Waals surface area contributed by atoms with Crippen LogP contribution in [-0.4, -0.2) is 23.9 Å². The minimum absolute atomic E-state index is 0.221. The molecule has 0 bridgehead atoms. The molecule has 2 nitrogen and oxygen atoms in total. The topological polar surface area (TPSA) is 29.5 Å². The summed E-state index contributed by atoms with van der Waals surface area (Å²) in [5, 5.41) is 9.32. The molecule has 1 fully saturated rings. The number of unbranched alkanes of at least 4 members (excludes halogenated alkanes) is 2. The van der Waals surface area contributed by atoms with Gasteiger partial charge in [0.05, 0.1) is 12.7 Å². The van der Waals surface area contributed by atoms with Crippen molar-refractivity contribution in [2.24, 2.45) is 0 Å². The largest absolute Gasteiger partial charge is 0.389 e. The molecule has 0 unspecified atom stereocenters. The maximum absolute atomic E-state index is 9.32. The third-order valence-corrected chi connectivity index (χ3v) is 1.96. The van der Waals surface area contributed by atoms with Crippen molar-refractivity contribution in [1.29, 1.82) is 0 Å². The fourth-order valence-electron chi connectivity index (χ4n) is 1.15. The van der Waals surface area contributed by atoms with E-state index in [4.69, 9.17) is 4.74 Å². The summed E-state index contributed by atoms with van der Waals surface area (Å²) < 4.78 is 5.22. The van der Waals surface area contributed by atoms with Gasteiger partial charge in [-0.1, -0.05) is 19.3 Å². The number of rotatable bonds is 2. The second-order valence-corrected chi connectivity index (χ2v) is 3.07. The molecule has 0 aromatic carbocycles. The molecule has 0 radical (unpaired) electrons. The van der Waals surface area contributed by atoms with Gasteiger partial charge in [-0.15, -0.1) is 5.92 Å². The lowest BCUT2D eigenvalue weighted by atomic mass is 10.2. The van der Waals surface area contributed by atoms with Gasteiger partial charge in [0.25, 0.3) is 0 Å². The molecular weight excluding hydrogens is 152 g/mol. The molecule has 1 saturated heterocycles. The zero-order chi connectivity index (χ0) is 8.81. The zero-order valence-electron chi connectivity index (χ0n) is 7.55. The number of hydrogen-bond donors (Lipinski definition) is 1. The predicted molar refractivity (Wildman–Crippen MR) is 47.7 cm³/mol. The van der Waals surface area contributed by atoms with Crippen molar-refractivity contribution in [3.63, 3.8) is 0 Å². The quantitative estimate of drug-likeness (QED) is 0.498. The molecule has 0 aromatic rings. The summed E-state index contributed by atoms with van der Waals surface area (Å²) in [4.78, 5) is 0. The second-order valence-electron chi connectivity index (χ2n) is 3.07. The Hall–Kier alpha value is -0.520. The SMILES string of the molecule is CCCCC#C[C@H]1OCC[C@H]1O. The molecular formula is C10H16O2. The summed E-state index contributed by atoms with van der Waals surface area (Å²) in [6.45, 7) is 2.79. The van der Waals surface area contributed by atoms with E-state index < -0.39 is 0 Å². The predicted octanol–water partition coefficient (Wildman–Crippen LogP) is 1.33. The molecule has 0 spiro atoms. The fourth-order valence-corrected chi connectivity index (χ4v) is 1.15. The van der Waals surface area contributed by atoms with Gasteiger partial charge in [-0.2, -0.15) is 0 Å². The molecule has 2 heteroatoms. The average Bonchev–Trinajstić information content (AvgIpc) is 2.46. The third kappa shape index (κ3) is 2.84. The summed E-state index contributed by atoms with van der Waals surface area (Å²) in [6.07, 6.45) is 3.37. The highest BCUT2D eigenvalue weighted by Crippen LogP contribution is 2.11. The Labute approximate surface area is 73.9 Å². The first-order chi connectivity index (χ1) is 5.84. The maximum Gasteiger partial charge on any atom is 0.144 e. The smallest absolute Gasteiger partial charge is 0.144 e. The Balaban J connectivity index is 2.22. The van der Waals surface area contributed by atoms with Crippen LogP contribution >= 0.6 is 0 Å². The van der Waals surface area contributed by atoms with Gasteiger partial charge in [0.1, 0.15) is 6.10 Å². The highest BCUT2D eigenvalue weighted by molar-refractivity contribution is 5.08. The molecule has 0 amide bonds. The minimum Gasteiger partial charge on any atom is -0.389 e. The number of aliphatic hydroxyl groups excluding tert-OH is 1. The van der Waals surface area contributed by atoms with Gasteiger partial charge in [0, 0.05) is 12.8 Å². The summed E-state index contributed by atoms with van der Waals surface area (Å²) in [6, 6.07) is 0. The molecule has 12 heavy (non-hydrogen) atoms. The summed E-state index contributed by atoms with van der Waals surface area (Å²) >= 11 is 0. The molecule has 0 aromatic heterocycles. The van der Waals surface area contributed by atoms with E-state index in [1.165, 1.54) is 6.42 Å². The van der Waals surface area contributed by atoms with Crippen LogP contribution in [0.4, 0.5) is 0 Å². The van der Waals surface area contributed by atoms with Crippen molar-refractivity contribution in [2.75, 3.05) is 6.61 Å². The minimum atomic E-state index is -0.362. The Morgan fingerprint density at radius 2 is 2.42 bits per heavy atom. The lowest BCUT2D eigenvalue weighted by molar-refractivity contribution is 0.0811. The first kappa shape index (κ1) is 9.57. The summed E-state index contributed by atoms with van der Waals surface area (Å²) in [5.74, 6) is 5.97. The van der Waals surface area contributed by atoms with Crippen LogP contribution in [0.2, 0.25) is 0 Å². The Morgan fingerprint density at radius 1 is 1.58 bits per heavy atom. The lowest BCUT2D eigenvalue weighted by Crippen LogP contribution is -2.18. The van der Waals surface area contributed by atoms with Gasteiger partial charge in [-0.05, 0) is 6.42 Å². The van der Waals surface area contributed by atoms with Crippen molar-refractivity contribution in [3.05, 3.63) is 0 Å². The number of aliphatic hydroxyl groups is 1. The monoisotopic (exact) mass is 168 g/mol. The molecule has 0 aliphatic carbocycles. The molecule has 1 aliphatic rings. The highest BCUT2D eigenvalue weighted by Gasteiger charge is 2.23. The maximum atomic E-state index is 9.32. The van der Waals surface area contributed by atoms with Crippen molar-refractivity contribution in [1.82, 2.24) is 0 Å². The van der Waals surface area contributed by atoms with Crippen LogP contribution in [0.3, 0.4) is 0 Å². The Morgan fingerprint density at radius 3 is 3.00 bits per heavy atom. The van der Waals surface area contributed by atoms with E-state index in [-0.39, 0.29) is 12.2 Å². The van der Waals surface area contributed by atoms with Gasteiger partial charge in [-0.3, -0.25) is 0 Å². The van der Waals surface area contributed by atoms with Crippen LogP contribution in [-0.2, 0) is 4.74 Å². The third-order valence-electron chi connectivity index (χ3n) is 1.96. The van der Waals surface area contributed by atoms with Gasteiger partial charge < -0.3 is 9.84 Å². The standard InChI is InChI=1S/C10H16O2/c1-2-3-4-5-6-10-9(11)7-8-12-10/h9-11H,2-4,7-8H2,1H3/t9-,10-/m1/s1. The lowest BCUT2D eigenvalue weighted by Gasteiger charge is -2.04. The van der Waals surface area contributed by atoms with Crippen molar-refractivity contribution < 1.29 is 9.84 Å². The first-order valence-electron chi connectivity index (χ1n) is 4.62. The van der Waals surface area contributed by atoms with Crippen LogP contribution in [0.5, 0.6) is 0 Å². The van der Waals surface area contributed by atoms with Gasteiger partial charge in [0.15, 0.2) is 0 Å². The van der Waals surface area contributed by atoms with Crippen molar-refractivity contribution in [2.45, 2.75) is 44.8 Å². The van der Waals surface area contributed by atoms with Crippen molar-refractivity contribution >= 4 is 0 Å². The Bertz CT molecular complexity index is 178. The zero-order valence-corrected chi connectivity index (χ0v) is 7.55. The first-order valence-corrected chi connectivity index (χ1v) is 4.62. The highest BCUT2D eigenvalue weighted by atomic mass is 16.5. The van der Waals surface area contributed by atoms with Crippen LogP contribution in [0.15, 0.2) is 0 Å². The number of hydrogen-bond acceptors (Lipinski definition) is 2. The van der Waals surface area contributed by atoms with Gasteiger partial charge in [-0.25, -0.2) is 0 Å². The van der Waals surface area contributed by atoms with Crippen LogP contribution in [0.25, 0.3) is 0 Å². The normalized spacial score (nSPS) is 28.2. The van der Waals surface area contributed by atoms with E-state index in [2.05, 4.69) is 18.8 Å². The van der Waals surface area contributed by atoms with Gasteiger partial charge in [0.2, 0.25) is 0 Å². The summed E-state index contributed by atoms with van der Waals surface area (Å²) in [7, 11) is 0. The summed E-state index contributed by atoms with van der Waals surface area (Å²) in [5.41, 5.74) is 0. The van der Waals surface area contributed by atoms with E-state index in [1.807, 2.05) is 0 Å². The van der Waals surface area contributed by atoms with Crippen molar-refractivity contribution in [3.8, 4) is 11.8 Å². The van der Waals surface area contributed by atoms with Crippen LogP contribution in [0, 0.1) is 11.8 Å². The molecule has 1 N–H and O–H groups in total. The van der Waals surface area contributed by atoms with E-state index in [1.54, 1.807) is 0 Å². The van der Waals surface area contributed by atoms with E-state index >= 15 is 0 Å². The second kappa shape index (κ2) is 5.18. The number of ether oxygens (including phenoxy) is 1. The Kier molecular flexibility index (Phi) is 4.13. The molecule has 1 aliphatic heterocycles. The van der Waals surface area contributed by atoms with Gasteiger partial charge >= 0.3 is 0 Å². The van der Waals surface area contributed by atoms with E-state index in [0.717, 1.165) is 19.3 Å². The molecule has 0 saturated carbocycles. The molecule has 2 atom stereocenters. The molecule has 68 valence electrons. The fraction of sp³-hybridized carbons (Fsp3) is 0.800.